The molecule has 0 heterocycles. The predicted molar refractivity (Wildman–Crippen MR) is 52.0 cm³/mol. The molecule has 1 aliphatic rings. The van der Waals surface area contributed by atoms with E-state index in [1.807, 2.05) is 13.0 Å². The van der Waals surface area contributed by atoms with Gasteiger partial charge in [0.25, 0.3) is 0 Å². The van der Waals surface area contributed by atoms with Crippen LogP contribution in [-0.4, -0.2) is 11.2 Å². The summed E-state index contributed by atoms with van der Waals surface area (Å²) >= 11 is 0. The minimum absolute atomic E-state index is 0.0819. The first-order valence-electron chi connectivity index (χ1n) is 5.14. The van der Waals surface area contributed by atoms with E-state index in [0.717, 1.165) is 6.42 Å². The van der Waals surface area contributed by atoms with E-state index in [1.165, 1.54) is 32.1 Å². The lowest BCUT2D eigenvalue weighted by Gasteiger charge is -2.25. The van der Waals surface area contributed by atoms with Crippen molar-refractivity contribution in [2.45, 2.75) is 51.6 Å². The van der Waals surface area contributed by atoms with Crippen LogP contribution in [0.1, 0.15) is 45.4 Å². The van der Waals surface area contributed by atoms with Crippen molar-refractivity contribution in [3.05, 3.63) is 12.2 Å². The van der Waals surface area contributed by atoms with E-state index in [-0.39, 0.29) is 6.10 Å². The van der Waals surface area contributed by atoms with Gasteiger partial charge in [-0.2, -0.15) is 0 Å². The van der Waals surface area contributed by atoms with Gasteiger partial charge in [0.15, 0.2) is 0 Å². The van der Waals surface area contributed by atoms with E-state index in [9.17, 15) is 5.11 Å². The molecule has 0 radical (unpaired) electrons. The van der Waals surface area contributed by atoms with Crippen LogP contribution in [0, 0.1) is 5.92 Å². The zero-order valence-corrected chi connectivity index (χ0v) is 8.00. The molecule has 0 spiro atoms. The average molecular weight is 168 g/mol. The molecule has 1 nitrogen and oxygen atoms in total. The number of allylic oxidation sites excluding steroid dienone is 1. The molecule has 1 heteroatoms. The molecule has 0 aliphatic heterocycles. The van der Waals surface area contributed by atoms with Gasteiger partial charge in [0, 0.05) is 0 Å². The molecular weight excluding hydrogens is 148 g/mol. The van der Waals surface area contributed by atoms with Crippen LogP contribution in [0.5, 0.6) is 0 Å². The maximum absolute atomic E-state index is 9.75. The Hall–Kier alpha value is -0.300. The minimum atomic E-state index is -0.0819. The fourth-order valence-corrected chi connectivity index (χ4v) is 1.99. The Morgan fingerprint density at radius 1 is 1.33 bits per heavy atom. The topological polar surface area (TPSA) is 20.2 Å². The molecule has 1 atom stereocenters. The van der Waals surface area contributed by atoms with Crippen molar-refractivity contribution in [3.63, 3.8) is 0 Å². The molecule has 0 amide bonds. The first kappa shape index (κ1) is 9.79. The fraction of sp³-hybridized carbons (Fsp3) is 0.818. The third-order valence-corrected chi connectivity index (χ3v) is 2.81. The fourth-order valence-electron chi connectivity index (χ4n) is 1.99. The summed E-state index contributed by atoms with van der Waals surface area (Å²) in [6.07, 6.45) is 11.3. The van der Waals surface area contributed by atoms with Crippen LogP contribution in [0.2, 0.25) is 0 Å². The van der Waals surface area contributed by atoms with E-state index >= 15 is 0 Å². The molecule has 1 aliphatic carbocycles. The van der Waals surface area contributed by atoms with Gasteiger partial charge in [-0.05, 0) is 32.1 Å². The summed E-state index contributed by atoms with van der Waals surface area (Å²) in [6.45, 7) is 2.01. The monoisotopic (exact) mass is 168 g/mol. The first-order valence-corrected chi connectivity index (χ1v) is 5.14. The van der Waals surface area contributed by atoms with Gasteiger partial charge in [0.05, 0.1) is 6.10 Å². The zero-order valence-electron chi connectivity index (χ0n) is 8.00. The molecule has 0 aromatic heterocycles. The highest BCUT2D eigenvalue weighted by Crippen LogP contribution is 2.27. The van der Waals surface area contributed by atoms with Crippen LogP contribution < -0.4 is 0 Å². The number of hydrogen-bond acceptors (Lipinski definition) is 1. The maximum Gasteiger partial charge on any atom is 0.0602 e. The Morgan fingerprint density at radius 2 is 2.00 bits per heavy atom. The zero-order chi connectivity index (χ0) is 8.81. The van der Waals surface area contributed by atoms with Crippen LogP contribution >= 0.6 is 0 Å². The van der Waals surface area contributed by atoms with Crippen molar-refractivity contribution >= 4 is 0 Å². The second-order valence-corrected chi connectivity index (χ2v) is 3.77. The Balaban J connectivity index is 2.24. The van der Waals surface area contributed by atoms with Gasteiger partial charge in [-0.1, -0.05) is 31.4 Å². The van der Waals surface area contributed by atoms with E-state index in [0.29, 0.717) is 5.92 Å². The second kappa shape index (κ2) is 5.36. The third kappa shape index (κ3) is 2.98. The van der Waals surface area contributed by atoms with Crippen molar-refractivity contribution in [2.24, 2.45) is 5.92 Å². The van der Waals surface area contributed by atoms with Gasteiger partial charge < -0.3 is 5.11 Å². The summed E-state index contributed by atoms with van der Waals surface area (Å²) in [7, 11) is 0. The van der Waals surface area contributed by atoms with Gasteiger partial charge in [0.1, 0.15) is 0 Å². The number of hydrogen-bond donors (Lipinski definition) is 1. The van der Waals surface area contributed by atoms with Crippen molar-refractivity contribution in [1.29, 1.82) is 0 Å². The molecule has 1 rings (SSSR count). The van der Waals surface area contributed by atoms with Crippen molar-refractivity contribution in [1.82, 2.24) is 0 Å². The molecular formula is C11H20O. The molecule has 0 saturated heterocycles. The van der Waals surface area contributed by atoms with Crippen molar-refractivity contribution < 1.29 is 5.11 Å². The Morgan fingerprint density at radius 3 is 2.58 bits per heavy atom. The third-order valence-electron chi connectivity index (χ3n) is 2.81. The van der Waals surface area contributed by atoms with Crippen molar-refractivity contribution in [2.75, 3.05) is 0 Å². The van der Waals surface area contributed by atoms with Crippen LogP contribution in [0.4, 0.5) is 0 Å². The lowest BCUT2D eigenvalue weighted by Crippen LogP contribution is -2.21. The molecule has 0 aromatic carbocycles. The summed E-state index contributed by atoms with van der Waals surface area (Å²) in [5, 5.41) is 9.75. The first-order chi connectivity index (χ1) is 5.84. The Bertz CT molecular complexity index is 134. The molecule has 12 heavy (non-hydrogen) atoms. The van der Waals surface area contributed by atoms with Gasteiger partial charge >= 0.3 is 0 Å². The molecule has 1 N–H and O–H groups in total. The quantitative estimate of drug-likeness (QED) is 0.642. The minimum Gasteiger partial charge on any atom is -0.393 e. The molecule has 0 bridgehead atoms. The standard InChI is InChI=1S/C11H20O/c1-2-3-9-11(12)10-7-5-4-6-8-10/h2-3,10-12H,4-9H2,1H3/b3-2+/t11-/m0/s1. The molecule has 1 saturated carbocycles. The summed E-state index contributed by atoms with van der Waals surface area (Å²) in [6, 6.07) is 0. The second-order valence-electron chi connectivity index (χ2n) is 3.77. The van der Waals surface area contributed by atoms with Crippen LogP contribution in [0.25, 0.3) is 0 Å². The largest absolute Gasteiger partial charge is 0.393 e. The summed E-state index contributed by atoms with van der Waals surface area (Å²) in [4.78, 5) is 0. The number of rotatable bonds is 3. The lowest BCUT2D eigenvalue weighted by molar-refractivity contribution is 0.0873. The molecule has 70 valence electrons. The average Bonchev–Trinajstić information content (AvgIpc) is 2.15. The van der Waals surface area contributed by atoms with Gasteiger partial charge in [-0.3, -0.25) is 0 Å². The van der Waals surface area contributed by atoms with E-state index in [1.54, 1.807) is 0 Å². The van der Waals surface area contributed by atoms with Gasteiger partial charge in [-0.15, -0.1) is 0 Å². The van der Waals surface area contributed by atoms with Crippen LogP contribution in [0.15, 0.2) is 12.2 Å². The molecule has 1 fully saturated rings. The van der Waals surface area contributed by atoms with Gasteiger partial charge in [-0.25, -0.2) is 0 Å². The van der Waals surface area contributed by atoms with Crippen molar-refractivity contribution in [3.8, 4) is 0 Å². The highest BCUT2D eigenvalue weighted by molar-refractivity contribution is 4.84. The highest BCUT2D eigenvalue weighted by atomic mass is 16.3. The normalized spacial score (nSPS) is 23.2. The smallest absolute Gasteiger partial charge is 0.0602 e. The number of aliphatic hydroxyl groups is 1. The molecule has 0 unspecified atom stereocenters. The van der Waals surface area contributed by atoms with Gasteiger partial charge in [0.2, 0.25) is 0 Å². The van der Waals surface area contributed by atoms with E-state index in [2.05, 4.69) is 6.08 Å². The lowest BCUT2D eigenvalue weighted by atomic mass is 9.84. The van der Waals surface area contributed by atoms with E-state index in [4.69, 9.17) is 0 Å². The Labute approximate surface area is 75.5 Å². The summed E-state index contributed by atoms with van der Waals surface area (Å²) in [5.41, 5.74) is 0. The highest BCUT2D eigenvalue weighted by Gasteiger charge is 2.20. The predicted octanol–water partition coefficient (Wildman–Crippen LogP) is 2.89. The van der Waals surface area contributed by atoms with E-state index < -0.39 is 0 Å². The summed E-state index contributed by atoms with van der Waals surface area (Å²) in [5.74, 6) is 0.579. The van der Waals surface area contributed by atoms with Crippen LogP contribution in [0.3, 0.4) is 0 Å². The maximum atomic E-state index is 9.75. The molecule has 0 aromatic rings. The van der Waals surface area contributed by atoms with Crippen LogP contribution in [-0.2, 0) is 0 Å². The summed E-state index contributed by atoms with van der Waals surface area (Å²) < 4.78 is 0. The number of aliphatic hydroxyl groups excluding tert-OH is 1. The Kier molecular flexibility index (Phi) is 4.37. The SMILES string of the molecule is C/C=C/C[C@H](O)C1CCCCC1.